The molecule has 0 aliphatic heterocycles. The molecule has 2 heteroatoms. The van der Waals surface area contributed by atoms with Crippen LogP contribution in [0.5, 0.6) is 0 Å². The minimum Gasteiger partial charge on any atom is -0.0695 e. The highest BCUT2D eigenvalue weighted by molar-refractivity contribution is 6.79. The van der Waals surface area contributed by atoms with Gasteiger partial charge in [-0.15, -0.1) is 0 Å². The van der Waals surface area contributed by atoms with Crippen LogP contribution >= 0.6 is 0 Å². The lowest BCUT2D eigenvalue weighted by atomic mass is 9.97. The van der Waals surface area contributed by atoms with Gasteiger partial charge in [0, 0.05) is 8.07 Å². The van der Waals surface area contributed by atoms with Crippen LogP contribution in [-0.2, 0) is 5.04 Å². The summed E-state index contributed by atoms with van der Waals surface area (Å²) in [5.41, 5.74) is 1.56. The van der Waals surface area contributed by atoms with Gasteiger partial charge in [-0.25, -0.2) is 0 Å². The molecule has 1 aromatic rings. The fourth-order valence-electron chi connectivity index (χ4n) is 2.38. The maximum absolute atomic E-state index is 2.52. The summed E-state index contributed by atoms with van der Waals surface area (Å²) in [6.07, 6.45) is 1.36. The maximum Gasteiger partial charge on any atom is 0.0553 e. The average molecular weight is 279 g/mol. The topological polar surface area (TPSA) is 0 Å². The lowest BCUT2D eigenvalue weighted by Crippen LogP contribution is -2.48. The van der Waals surface area contributed by atoms with Crippen LogP contribution < -0.4 is 0 Å². The molecule has 0 aliphatic carbocycles. The molecule has 0 aromatic heterocycles. The van der Waals surface area contributed by atoms with Crippen molar-refractivity contribution < 1.29 is 0 Å². The third-order valence-corrected chi connectivity index (χ3v) is 10.0. The van der Waals surface area contributed by atoms with E-state index in [2.05, 4.69) is 76.5 Å². The van der Waals surface area contributed by atoms with Gasteiger partial charge in [-0.05, 0) is 17.0 Å². The van der Waals surface area contributed by atoms with Gasteiger partial charge >= 0.3 is 0 Å². The van der Waals surface area contributed by atoms with Gasteiger partial charge in [0.25, 0.3) is 0 Å². The highest BCUT2D eigenvalue weighted by Gasteiger charge is 2.40. The Morgan fingerprint density at radius 2 is 1.39 bits per heavy atom. The average Bonchev–Trinajstić information content (AvgIpc) is 2.24. The molecule has 0 N–H and O–H groups in total. The molecule has 0 radical (unpaired) electrons. The van der Waals surface area contributed by atoms with E-state index in [1.807, 2.05) is 0 Å². The van der Waals surface area contributed by atoms with Crippen LogP contribution in [0.4, 0.5) is 0 Å². The Morgan fingerprint density at radius 3 is 1.78 bits per heavy atom. The Kier molecular flexibility index (Phi) is 4.66. The zero-order valence-corrected chi connectivity index (χ0v) is 15.3. The van der Waals surface area contributed by atoms with Crippen molar-refractivity contribution in [3.05, 3.63) is 35.9 Å². The zero-order valence-electron chi connectivity index (χ0n) is 13.3. The van der Waals surface area contributed by atoms with E-state index in [1.165, 1.54) is 12.5 Å². The number of benzene rings is 1. The first-order valence-corrected chi connectivity index (χ1v) is 14.3. The largest absolute Gasteiger partial charge is 0.0695 e. The molecule has 18 heavy (non-hydrogen) atoms. The molecule has 0 saturated carbocycles. The Hall–Kier alpha value is -0.346. The van der Waals surface area contributed by atoms with Crippen molar-refractivity contribution in [3.63, 3.8) is 0 Å². The molecule has 0 spiro atoms. The summed E-state index contributed by atoms with van der Waals surface area (Å²) >= 11 is 0. The molecule has 0 aliphatic rings. The molecule has 1 rings (SSSR count). The van der Waals surface area contributed by atoms with Gasteiger partial charge in [0.1, 0.15) is 0 Å². The second-order valence-electron chi connectivity index (χ2n) is 8.01. The molecular weight excluding hydrogens is 248 g/mol. The summed E-state index contributed by atoms with van der Waals surface area (Å²) in [5, 5.41) is 0.411. The molecule has 0 amide bonds. The second kappa shape index (κ2) is 5.34. The summed E-state index contributed by atoms with van der Waals surface area (Å²) in [4.78, 5) is 0. The summed E-state index contributed by atoms with van der Waals surface area (Å²) in [5.74, 6) is 0. The van der Waals surface area contributed by atoms with E-state index in [0.717, 1.165) is 0 Å². The highest BCUT2D eigenvalue weighted by atomic mass is 28.3. The van der Waals surface area contributed by atoms with E-state index in [1.54, 1.807) is 5.56 Å². The smallest absolute Gasteiger partial charge is 0.0553 e. The van der Waals surface area contributed by atoms with Gasteiger partial charge in [-0.3, -0.25) is 0 Å². The maximum atomic E-state index is 2.52. The normalized spacial score (nSPS) is 16.4. The van der Waals surface area contributed by atoms with Crippen molar-refractivity contribution in [1.29, 1.82) is 0 Å². The van der Waals surface area contributed by atoms with E-state index in [-0.39, 0.29) is 0 Å². The molecule has 0 bridgehead atoms. The first kappa shape index (κ1) is 15.7. The van der Waals surface area contributed by atoms with E-state index >= 15 is 0 Å². The van der Waals surface area contributed by atoms with E-state index in [9.17, 15) is 0 Å². The predicted octanol–water partition coefficient (Wildman–Crippen LogP) is 5.55. The quantitative estimate of drug-likeness (QED) is 0.619. The van der Waals surface area contributed by atoms with Gasteiger partial charge in [-0.2, -0.15) is 0 Å². The van der Waals surface area contributed by atoms with Gasteiger partial charge in [0.05, 0.1) is 8.07 Å². The molecule has 102 valence electrons. The van der Waals surface area contributed by atoms with Crippen molar-refractivity contribution in [2.75, 3.05) is 0 Å². The van der Waals surface area contributed by atoms with Crippen molar-refractivity contribution >= 4 is 16.1 Å². The fourth-order valence-corrected chi connectivity index (χ4v) is 5.79. The van der Waals surface area contributed by atoms with Crippen molar-refractivity contribution in [2.24, 2.45) is 0 Å². The van der Waals surface area contributed by atoms with Gasteiger partial charge in [0.15, 0.2) is 0 Å². The van der Waals surface area contributed by atoms with E-state index in [4.69, 9.17) is 0 Å². The van der Waals surface area contributed by atoms with Crippen molar-refractivity contribution in [1.82, 2.24) is 0 Å². The predicted molar refractivity (Wildman–Crippen MR) is 89.9 cm³/mol. The first-order chi connectivity index (χ1) is 8.06. The Morgan fingerprint density at radius 1 is 0.889 bits per heavy atom. The fraction of sp³-hybridized carbons (Fsp3) is 0.625. The molecular formula is C16H30Si2. The molecule has 1 unspecified atom stereocenters. The van der Waals surface area contributed by atoms with E-state index < -0.39 is 16.1 Å². The Balaban J connectivity index is 3.05. The zero-order chi connectivity index (χ0) is 14.0. The van der Waals surface area contributed by atoms with Crippen LogP contribution in [0.1, 0.15) is 18.9 Å². The summed E-state index contributed by atoms with van der Waals surface area (Å²) < 4.78 is 0. The van der Waals surface area contributed by atoms with Crippen LogP contribution in [0.2, 0.25) is 45.3 Å². The SMILES string of the molecule is CC(CC[Si](C)(C)C)(c1ccccc1)[Si](C)(C)C. The van der Waals surface area contributed by atoms with Crippen molar-refractivity contribution in [2.45, 2.75) is 63.7 Å². The van der Waals surface area contributed by atoms with Gasteiger partial charge < -0.3 is 0 Å². The number of rotatable bonds is 5. The van der Waals surface area contributed by atoms with E-state index in [0.29, 0.717) is 5.04 Å². The Labute approximate surface area is 116 Å². The second-order valence-corrected chi connectivity index (χ2v) is 19.2. The molecule has 1 atom stereocenters. The summed E-state index contributed by atoms with van der Waals surface area (Å²) in [6.45, 7) is 17.5. The first-order valence-electron chi connectivity index (χ1n) is 7.12. The van der Waals surface area contributed by atoms with Crippen LogP contribution in [0.25, 0.3) is 0 Å². The minimum absolute atomic E-state index is 0.411. The van der Waals surface area contributed by atoms with Crippen LogP contribution in [-0.4, -0.2) is 16.1 Å². The molecule has 0 heterocycles. The number of hydrogen-bond acceptors (Lipinski definition) is 0. The summed E-state index contributed by atoms with van der Waals surface area (Å²) in [7, 11) is -2.19. The summed E-state index contributed by atoms with van der Waals surface area (Å²) in [6, 6.07) is 12.6. The van der Waals surface area contributed by atoms with Crippen molar-refractivity contribution in [3.8, 4) is 0 Å². The van der Waals surface area contributed by atoms with Crippen LogP contribution in [0.3, 0.4) is 0 Å². The lowest BCUT2D eigenvalue weighted by Gasteiger charge is -2.42. The third kappa shape index (κ3) is 3.82. The van der Waals surface area contributed by atoms with Crippen LogP contribution in [0, 0.1) is 0 Å². The molecule has 1 aromatic carbocycles. The highest BCUT2D eigenvalue weighted by Crippen LogP contribution is 2.39. The van der Waals surface area contributed by atoms with Crippen LogP contribution in [0.15, 0.2) is 30.3 Å². The van der Waals surface area contributed by atoms with Gasteiger partial charge in [-0.1, -0.05) is 82.6 Å². The number of hydrogen-bond donors (Lipinski definition) is 0. The third-order valence-electron chi connectivity index (χ3n) is 4.44. The minimum atomic E-state index is -1.23. The lowest BCUT2D eigenvalue weighted by molar-refractivity contribution is 0.610. The molecule has 0 saturated heterocycles. The Bertz CT molecular complexity index is 370. The van der Waals surface area contributed by atoms with Gasteiger partial charge in [0.2, 0.25) is 0 Å². The molecule has 0 nitrogen and oxygen atoms in total. The standard InChI is InChI=1S/C16H30Si2/c1-16(18(5,6)7,13-14-17(2,3)4)15-11-9-8-10-12-15/h8-12H,13-14H2,1-7H3. The monoisotopic (exact) mass is 278 g/mol. The molecule has 0 fully saturated rings.